The fourth-order valence-corrected chi connectivity index (χ4v) is 1.76. The lowest BCUT2D eigenvalue weighted by atomic mass is 10.0. The molecule has 0 saturated heterocycles. The molecule has 0 atom stereocenters. The fraction of sp³-hybridized carbons (Fsp3) is 0. The van der Waals surface area contributed by atoms with Crippen LogP contribution in [0.2, 0.25) is 0 Å². The van der Waals surface area contributed by atoms with Gasteiger partial charge in [-0.25, -0.2) is 4.39 Å². The van der Waals surface area contributed by atoms with Crippen molar-refractivity contribution in [1.82, 2.24) is 15.4 Å². The van der Waals surface area contributed by atoms with Crippen LogP contribution >= 0.6 is 0 Å². The molecule has 0 saturated carbocycles. The van der Waals surface area contributed by atoms with Gasteiger partial charge in [-0.05, 0) is 23.8 Å². The van der Waals surface area contributed by atoms with Crippen molar-refractivity contribution >= 4 is 5.82 Å². The Balaban J connectivity index is 2.17. The first kappa shape index (κ1) is 10.5. The number of nitrogens with zero attached hydrogens (tertiary/aromatic N) is 2. The molecule has 0 amide bonds. The van der Waals surface area contributed by atoms with Crippen LogP contribution in [0.15, 0.2) is 41.1 Å². The molecule has 0 bridgehead atoms. The van der Waals surface area contributed by atoms with Crippen molar-refractivity contribution in [3.63, 3.8) is 0 Å². The topological polar surface area (TPSA) is 80.7 Å². The number of hydrogen-bond donors (Lipinski definition) is 2. The number of nitrogens with two attached hydrogens (primary N) is 1. The summed E-state index contributed by atoms with van der Waals surface area (Å²) in [4.78, 5) is 0. The molecule has 0 aliphatic heterocycles. The second kappa shape index (κ2) is 3.99. The highest BCUT2D eigenvalue weighted by atomic mass is 19.1. The summed E-state index contributed by atoms with van der Waals surface area (Å²) in [5.74, 6) is 0.430. The summed E-state index contributed by atoms with van der Waals surface area (Å²) in [7, 11) is 0. The van der Waals surface area contributed by atoms with Gasteiger partial charge in [-0.2, -0.15) is 5.10 Å². The van der Waals surface area contributed by atoms with Crippen LogP contribution in [0.25, 0.3) is 22.6 Å². The van der Waals surface area contributed by atoms with E-state index in [-0.39, 0.29) is 11.6 Å². The third-order valence-electron chi connectivity index (χ3n) is 2.60. The van der Waals surface area contributed by atoms with Crippen LogP contribution in [0.5, 0.6) is 0 Å². The Morgan fingerprint density at radius 2 is 1.94 bits per heavy atom. The summed E-state index contributed by atoms with van der Waals surface area (Å²) in [6.07, 6.45) is 1.60. The molecule has 5 nitrogen and oxygen atoms in total. The van der Waals surface area contributed by atoms with Gasteiger partial charge in [0.1, 0.15) is 11.5 Å². The van der Waals surface area contributed by atoms with E-state index in [4.69, 9.17) is 10.3 Å². The minimum absolute atomic E-state index is 0.256. The Kier molecular flexibility index (Phi) is 2.33. The van der Waals surface area contributed by atoms with Crippen molar-refractivity contribution in [1.29, 1.82) is 0 Å². The highest BCUT2D eigenvalue weighted by Crippen LogP contribution is 2.35. The number of nitrogens with one attached hydrogen (secondary N) is 1. The Labute approximate surface area is 101 Å². The second-order valence-electron chi connectivity index (χ2n) is 3.75. The van der Waals surface area contributed by atoms with Crippen LogP contribution < -0.4 is 5.73 Å². The van der Waals surface area contributed by atoms with Crippen molar-refractivity contribution in [2.75, 3.05) is 5.73 Å². The molecule has 0 radical (unpaired) electrons. The van der Waals surface area contributed by atoms with Crippen molar-refractivity contribution in [3.05, 3.63) is 42.3 Å². The number of rotatable bonds is 2. The highest BCUT2D eigenvalue weighted by Gasteiger charge is 2.18. The molecule has 0 aliphatic rings. The number of anilines is 1. The first-order valence-electron chi connectivity index (χ1n) is 5.26. The Hall–Kier alpha value is -2.63. The lowest BCUT2D eigenvalue weighted by Crippen LogP contribution is -1.89. The number of benzene rings is 1. The number of H-pyrrole nitrogens is 1. The maximum atomic E-state index is 12.9. The van der Waals surface area contributed by atoms with Crippen molar-refractivity contribution in [3.8, 4) is 22.6 Å². The molecule has 6 heteroatoms. The van der Waals surface area contributed by atoms with Gasteiger partial charge in [-0.3, -0.25) is 5.10 Å². The van der Waals surface area contributed by atoms with Crippen molar-refractivity contribution in [2.45, 2.75) is 0 Å². The van der Waals surface area contributed by atoms with E-state index in [0.717, 1.165) is 5.56 Å². The standard InChI is InChI=1S/C12H9FN4O/c13-8-3-1-7(2-4-8)10-11(18-17-12(10)14)9-5-6-15-16-9/h1-6H,(H2,14,17)(H,15,16). The molecule has 3 aromatic rings. The SMILES string of the molecule is Nc1noc(-c2ccn[nH]2)c1-c1ccc(F)cc1. The van der Waals surface area contributed by atoms with Gasteiger partial charge in [0, 0.05) is 6.20 Å². The molecule has 3 rings (SSSR count). The lowest BCUT2D eigenvalue weighted by Gasteiger charge is -2.00. The monoisotopic (exact) mass is 244 g/mol. The molecular weight excluding hydrogens is 235 g/mol. The summed E-state index contributed by atoms with van der Waals surface area (Å²) in [5.41, 5.74) is 7.81. The Morgan fingerprint density at radius 3 is 2.61 bits per heavy atom. The van der Waals surface area contributed by atoms with Gasteiger partial charge in [0.25, 0.3) is 0 Å². The predicted molar refractivity (Wildman–Crippen MR) is 63.9 cm³/mol. The summed E-state index contributed by atoms with van der Waals surface area (Å²) in [5, 5.41) is 10.4. The average Bonchev–Trinajstić information content (AvgIpc) is 2.99. The van der Waals surface area contributed by atoms with Gasteiger partial charge >= 0.3 is 0 Å². The molecule has 0 spiro atoms. The van der Waals surface area contributed by atoms with Gasteiger partial charge in [0.15, 0.2) is 11.6 Å². The van der Waals surface area contributed by atoms with E-state index in [9.17, 15) is 4.39 Å². The van der Waals surface area contributed by atoms with Gasteiger partial charge in [-0.15, -0.1) is 0 Å². The number of nitrogen functional groups attached to an aromatic ring is 1. The van der Waals surface area contributed by atoms with E-state index in [0.29, 0.717) is 17.0 Å². The highest BCUT2D eigenvalue weighted by molar-refractivity contribution is 5.85. The normalized spacial score (nSPS) is 10.7. The largest absolute Gasteiger partial charge is 0.380 e. The van der Waals surface area contributed by atoms with Crippen LogP contribution in [0.3, 0.4) is 0 Å². The number of aromatic nitrogens is 3. The third kappa shape index (κ3) is 1.64. The molecule has 1 aromatic carbocycles. The molecule has 90 valence electrons. The number of aromatic amines is 1. The van der Waals surface area contributed by atoms with Crippen LogP contribution in [0.4, 0.5) is 10.2 Å². The lowest BCUT2D eigenvalue weighted by molar-refractivity contribution is 0.434. The van der Waals surface area contributed by atoms with Crippen molar-refractivity contribution in [2.24, 2.45) is 0 Å². The summed E-state index contributed by atoms with van der Waals surface area (Å²) >= 11 is 0. The fourth-order valence-electron chi connectivity index (χ4n) is 1.76. The zero-order valence-electron chi connectivity index (χ0n) is 9.22. The minimum Gasteiger partial charge on any atom is -0.380 e. The van der Waals surface area contributed by atoms with E-state index in [2.05, 4.69) is 15.4 Å². The van der Waals surface area contributed by atoms with E-state index in [1.54, 1.807) is 24.4 Å². The number of halogens is 1. The van der Waals surface area contributed by atoms with Crippen LogP contribution in [-0.2, 0) is 0 Å². The second-order valence-corrected chi connectivity index (χ2v) is 3.75. The maximum Gasteiger partial charge on any atom is 0.194 e. The first-order valence-corrected chi connectivity index (χ1v) is 5.26. The van der Waals surface area contributed by atoms with Gasteiger partial charge in [0.2, 0.25) is 0 Å². The third-order valence-corrected chi connectivity index (χ3v) is 2.60. The van der Waals surface area contributed by atoms with E-state index in [1.165, 1.54) is 12.1 Å². The van der Waals surface area contributed by atoms with Crippen LogP contribution in [0, 0.1) is 5.82 Å². The molecule has 0 unspecified atom stereocenters. The van der Waals surface area contributed by atoms with E-state index >= 15 is 0 Å². The van der Waals surface area contributed by atoms with E-state index in [1.807, 2.05) is 0 Å². The molecule has 3 N–H and O–H groups in total. The maximum absolute atomic E-state index is 12.9. The summed E-state index contributed by atoms with van der Waals surface area (Å²) < 4.78 is 18.1. The molecule has 0 fully saturated rings. The summed E-state index contributed by atoms with van der Waals surface area (Å²) in [6.45, 7) is 0. The molecule has 18 heavy (non-hydrogen) atoms. The zero-order chi connectivity index (χ0) is 12.5. The number of hydrogen-bond acceptors (Lipinski definition) is 4. The van der Waals surface area contributed by atoms with Crippen LogP contribution in [-0.4, -0.2) is 15.4 Å². The van der Waals surface area contributed by atoms with Gasteiger partial charge in [-0.1, -0.05) is 17.3 Å². The Bertz CT molecular complexity index is 658. The van der Waals surface area contributed by atoms with Gasteiger partial charge < -0.3 is 10.3 Å². The molecule has 2 aromatic heterocycles. The predicted octanol–water partition coefficient (Wildman–Crippen LogP) is 2.45. The first-order chi connectivity index (χ1) is 8.75. The smallest absolute Gasteiger partial charge is 0.194 e. The molecular formula is C12H9FN4O. The van der Waals surface area contributed by atoms with Crippen molar-refractivity contribution < 1.29 is 8.91 Å². The quantitative estimate of drug-likeness (QED) is 0.725. The van der Waals surface area contributed by atoms with Gasteiger partial charge in [0.05, 0.1) is 5.56 Å². The average molecular weight is 244 g/mol. The van der Waals surface area contributed by atoms with E-state index < -0.39 is 0 Å². The summed E-state index contributed by atoms with van der Waals surface area (Å²) in [6, 6.07) is 7.71. The molecule has 2 heterocycles. The zero-order valence-corrected chi connectivity index (χ0v) is 9.22. The Morgan fingerprint density at radius 1 is 1.17 bits per heavy atom. The van der Waals surface area contributed by atoms with Crippen LogP contribution in [0.1, 0.15) is 0 Å². The molecule has 0 aliphatic carbocycles. The minimum atomic E-state index is -0.308.